The Bertz CT molecular complexity index is 781. The van der Waals surface area contributed by atoms with Crippen molar-refractivity contribution >= 4 is 23.6 Å². The van der Waals surface area contributed by atoms with E-state index in [0.29, 0.717) is 18.7 Å². The molecule has 0 aromatic heterocycles. The molecule has 0 fully saturated rings. The predicted molar refractivity (Wildman–Crippen MR) is 117 cm³/mol. The minimum Gasteiger partial charge on any atom is -0.352 e. The maximum Gasteiger partial charge on any atom is 0.242 e. The topological polar surface area (TPSA) is 49.4 Å². The Morgan fingerprint density at radius 1 is 1.00 bits per heavy atom. The van der Waals surface area contributed by atoms with Gasteiger partial charge in [-0.1, -0.05) is 42.5 Å². The summed E-state index contributed by atoms with van der Waals surface area (Å²) in [7, 11) is 0. The van der Waals surface area contributed by atoms with Crippen molar-refractivity contribution in [3.8, 4) is 0 Å². The monoisotopic (exact) mass is 416 g/mol. The Labute approximate surface area is 176 Å². The van der Waals surface area contributed by atoms with Crippen LogP contribution in [-0.4, -0.2) is 41.1 Å². The molecule has 2 aromatic carbocycles. The van der Waals surface area contributed by atoms with Crippen LogP contribution in [0.3, 0.4) is 0 Å². The van der Waals surface area contributed by atoms with Gasteiger partial charge in [0.1, 0.15) is 11.9 Å². The predicted octanol–water partition coefficient (Wildman–Crippen LogP) is 4.04. The molecule has 0 heterocycles. The van der Waals surface area contributed by atoms with Crippen LogP contribution in [0.4, 0.5) is 4.39 Å². The summed E-state index contributed by atoms with van der Waals surface area (Å²) in [6.45, 7) is 6.05. The number of hydrogen-bond donors (Lipinski definition) is 1. The molecule has 1 N–H and O–H groups in total. The van der Waals surface area contributed by atoms with E-state index in [1.165, 1.54) is 23.9 Å². The third kappa shape index (κ3) is 7.89. The van der Waals surface area contributed by atoms with Crippen molar-refractivity contribution in [3.05, 3.63) is 71.5 Å². The highest BCUT2D eigenvalue weighted by molar-refractivity contribution is 7.99. The highest BCUT2D eigenvalue weighted by Crippen LogP contribution is 2.15. The van der Waals surface area contributed by atoms with Crippen molar-refractivity contribution in [1.82, 2.24) is 10.2 Å². The van der Waals surface area contributed by atoms with E-state index >= 15 is 0 Å². The maximum atomic E-state index is 13.0. The van der Waals surface area contributed by atoms with Gasteiger partial charge in [0, 0.05) is 18.3 Å². The standard InChI is InChI=1S/C23H29FN2O2S/c1-17(2)25-23(28)18(3)26(14-13-19-7-5-4-6-8-19)22(27)16-29-15-20-9-11-21(24)12-10-20/h4-12,17-18H,13-16H2,1-3H3,(H,25,28)/t18-/m0/s1. The van der Waals surface area contributed by atoms with Crippen LogP contribution < -0.4 is 5.32 Å². The van der Waals surface area contributed by atoms with Gasteiger partial charge in [-0.2, -0.15) is 0 Å². The van der Waals surface area contributed by atoms with E-state index in [-0.39, 0.29) is 29.4 Å². The fourth-order valence-electron chi connectivity index (χ4n) is 2.89. The van der Waals surface area contributed by atoms with E-state index in [1.807, 2.05) is 44.2 Å². The molecule has 0 bridgehead atoms. The first-order valence-corrected chi connectivity index (χ1v) is 11.0. The molecule has 29 heavy (non-hydrogen) atoms. The number of halogens is 1. The molecule has 2 aromatic rings. The lowest BCUT2D eigenvalue weighted by Gasteiger charge is -2.29. The smallest absolute Gasteiger partial charge is 0.242 e. The Kier molecular flexibility index (Phi) is 9.19. The van der Waals surface area contributed by atoms with Gasteiger partial charge in [-0.3, -0.25) is 9.59 Å². The number of rotatable bonds is 10. The van der Waals surface area contributed by atoms with Crippen LogP contribution in [0.2, 0.25) is 0 Å². The van der Waals surface area contributed by atoms with Crippen LogP contribution in [0.1, 0.15) is 31.9 Å². The first-order chi connectivity index (χ1) is 13.9. The van der Waals surface area contributed by atoms with Crippen LogP contribution in [0, 0.1) is 5.82 Å². The number of benzene rings is 2. The molecule has 0 radical (unpaired) electrons. The van der Waals surface area contributed by atoms with E-state index in [1.54, 1.807) is 24.0 Å². The van der Waals surface area contributed by atoms with Crippen molar-refractivity contribution < 1.29 is 14.0 Å². The quantitative estimate of drug-likeness (QED) is 0.636. The molecule has 0 aliphatic carbocycles. The van der Waals surface area contributed by atoms with Gasteiger partial charge >= 0.3 is 0 Å². The largest absolute Gasteiger partial charge is 0.352 e. The fourth-order valence-corrected chi connectivity index (χ4v) is 3.77. The lowest BCUT2D eigenvalue weighted by Crippen LogP contribution is -2.50. The second-order valence-electron chi connectivity index (χ2n) is 7.28. The summed E-state index contributed by atoms with van der Waals surface area (Å²) in [5.41, 5.74) is 2.09. The summed E-state index contributed by atoms with van der Waals surface area (Å²) in [5, 5.41) is 2.89. The van der Waals surface area contributed by atoms with Crippen LogP contribution in [0.15, 0.2) is 54.6 Å². The first-order valence-electron chi connectivity index (χ1n) is 9.82. The third-order valence-electron chi connectivity index (χ3n) is 4.49. The van der Waals surface area contributed by atoms with Crippen LogP contribution in [0.25, 0.3) is 0 Å². The van der Waals surface area contributed by atoms with E-state index in [9.17, 15) is 14.0 Å². The average molecular weight is 417 g/mol. The van der Waals surface area contributed by atoms with Crippen molar-refractivity contribution in [2.45, 2.75) is 45.0 Å². The average Bonchev–Trinajstić information content (AvgIpc) is 2.69. The summed E-state index contributed by atoms with van der Waals surface area (Å²) in [5.74, 6) is 0.396. The molecule has 0 aliphatic rings. The summed E-state index contributed by atoms with van der Waals surface area (Å²) < 4.78 is 13.0. The summed E-state index contributed by atoms with van der Waals surface area (Å²) in [4.78, 5) is 27.1. The van der Waals surface area contributed by atoms with E-state index in [4.69, 9.17) is 0 Å². The Morgan fingerprint density at radius 3 is 2.28 bits per heavy atom. The molecule has 156 valence electrons. The van der Waals surface area contributed by atoms with Gasteiger partial charge in [-0.25, -0.2) is 4.39 Å². The second kappa shape index (κ2) is 11.6. The van der Waals surface area contributed by atoms with E-state index < -0.39 is 6.04 Å². The number of nitrogens with one attached hydrogen (secondary N) is 1. The summed E-state index contributed by atoms with van der Waals surface area (Å²) in [6.07, 6.45) is 0.689. The number of carbonyl (C=O) groups is 2. The maximum absolute atomic E-state index is 13.0. The van der Waals surface area contributed by atoms with E-state index in [0.717, 1.165) is 11.1 Å². The molecule has 0 spiro atoms. The number of carbonyl (C=O) groups excluding carboxylic acids is 2. The Balaban J connectivity index is 1.98. The minimum absolute atomic E-state index is 0.0175. The van der Waals surface area contributed by atoms with Gasteiger partial charge in [-0.05, 0) is 50.5 Å². The van der Waals surface area contributed by atoms with Crippen molar-refractivity contribution in [3.63, 3.8) is 0 Å². The zero-order valence-corrected chi connectivity index (χ0v) is 18.0. The van der Waals surface area contributed by atoms with Gasteiger partial charge in [0.15, 0.2) is 0 Å². The third-order valence-corrected chi connectivity index (χ3v) is 5.48. The highest BCUT2D eigenvalue weighted by Gasteiger charge is 2.25. The van der Waals surface area contributed by atoms with Crippen LogP contribution in [-0.2, 0) is 21.8 Å². The first kappa shape index (κ1) is 22.9. The Morgan fingerprint density at radius 2 is 1.66 bits per heavy atom. The zero-order valence-electron chi connectivity index (χ0n) is 17.2. The molecule has 6 heteroatoms. The van der Waals surface area contributed by atoms with E-state index in [2.05, 4.69) is 5.32 Å². The molecule has 0 saturated heterocycles. The molecule has 0 aliphatic heterocycles. The molecule has 1 atom stereocenters. The van der Waals surface area contributed by atoms with Crippen molar-refractivity contribution in [1.29, 1.82) is 0 Å². The molecular weight excluding hydrogens is 387 g/mol. The zero-order chi connectivity index (χ0) is 21.2. The van der Waals surface area contributed by atoms with Gasteiger partial charge in [-0.15, -0.1) is 11.8 Å². The molecule has 0 unspecified atom stereocenters. The van der Waals surface area contributed by atoms with Crippen LogP contribution >= 0.6 is 11.8 Å². The lowest BCUT2D eigenvalue weighted by molar-refractivity contribution is -0.138. The summed E-state index contributed by atoms with van der Waals surface area (Å²) in [6, 6.07) is 15.7. The normalized spacial score (nSPS) is 11.9. The van der Waals surface area contributed by atoms with Gasteiger partial charge in [0.2, 0.25) is 11.8 Å². The number of thioether (sulfide) groups is 1. The van der Waals surface area contributed by atoms with Gasteiger partial charge < -0.3 is 10.2 Å². The molecular formula is C23H29FN2O2S. The number of nitrogens with zero attached hydrogens (tertiary/aromatic N) is 1. The SMILES string of the molecule is CC(C)NC(=O)[C@H](C)N(CCc1ccccc1)C(=O)CSCc1ccc(F)cc1. The number of hydrogen-bond acceptors (Lipinski definition) is 3. The second-order valence-corrected chi connectivity index (χ2v) is 8.27. The summed E-state index contributed by atoms with van der Waals surface area (Å²) >= 11 is 1.47. The van der Waals surface area contributed by atoms with Gasteiger partial charge in [0.05, 0.1) is 5.75 Å². The molecule has 0 saturated carbocycles. The molecule has 4 nitrogen and oxygen atoms in total. The van der Waals surface area contributed by atoms with Gasteiger partial charge in [0.25, 0.3) is 0 Å². The highest BCUT2D eigenvalue weighted by atomic mass is 32.2. The minimum atomic E-state index is -0.542. The van der Waals surface area contributed by atoms with Crippen molar-refractivity contribution in [2.24, 2.45) is 0 Å². The number of amides is 2. The lowest BCUT2D eigenvalue weighted by atomic mass is 10.1. The Hall–Kier alpha value is -2.34. The molecule has 2 rings (SSSR count). The van der Waals surface area contributed by atoms with Crippen LogP contribution in [0.5, 0.6) is 0 Å². The van der Waals surface area contributed by atoms with Crippen molar-refractivity contribution in [2.75, 3.05) is 12.3 Å². The fraction of sp³-hybridized carbons (Fsp3) is 0.391. The molecule has 2 amide bonds.